The number of unbranched alkanes of at least 4 members (excludes halogenated alkanes) is 2. The molecule has 0 aromatic rings. The van der Waals surface area contributed by atoms with Gasteiger partial charge in [0.25, 0.3) is 0 Å². The molecule has 0 aliphatic heterocycles. The second-order valence-corrected chi connectivity index (χ2v) is 3.04. The van der Waals surface area contributed by atoms with Crippen LogP contribution in [0.5, 0.6) is 0 Å². The summed E-state index contributed by atoms with van der Waals surface area (Å²) in [5.41, 5.74) is 6.34. The van der Waals surface area contributed by atoms with Crippen molar-refractivity contribution in [1.82, 2.24) is 15.5 Å². The molecule has 0 unspecified atom stereocenters. The highest BCUT2D eigenvalue weighted by Crippen LogP contribution is 1.92. The van der Waals surface area contributed by atoms with Crippen LogP contribution in [-0.4, -0.2) is 36.7 Å². The van der Waals surface area contributed by atoms with Gasteiger partial charge in [-0.05, 0) is 19.3 Å². The first-order valence-corrected chi connectivity index (χ1v) is 4.93. The van der Waals surface area contributed by atoms with Crippen molar-refractivity contribution >= 4 is 12.0 Å². The molecule has 0 bridgehead atoms. The molecule has 0 atom stereocenters. The molecule has 4 N–H and O–H groups in total. The summed E-state index contributed by atoms with van der Waals surface area (Å²) < 4.78 is 0. The lowest BCUT2D eigenvalue weighted by atomic mass is 10.2. The minimum absolute atomic E-state index is 0.121. The van der Waals surface area contributed by atoms with Crippen LogP contribution in [0.25, 0.3) is 0 Å². The molecule has 2 amide bonds. The Hall–Kier alpha value is -1.95. The van der Waals surface area contributed by atoms with Crippen LogP contribution >= 0.6 is 0 Å². The fourth-order valence-corrected chi connectivity index (χ4v) is 1.01. The first-order chi connectivity index (χ1) is 7.66. The summed E-state index contributed by atoms with van der Waals surface area (Å²) in [6, 6.07) is 0. The Bertz CT molecular complexity index is 275. The quantitative estimate of drug-likeness (QED) is 0.268. The third kappa shape index (κ3) is 10.1. The van der Waals surface area contributed by atoms with Gasteiger partial charge in [-0.25, -0.2) is 4.79 Å². The lowest BCUT2D eigenvalue weighted by Crippen LogP contribution is -2.27. The Morgan fingerprint density at radius 2 is 1.81 bits per heavy atom. The third-order valence-corrected chi connectivity index (χ3v) is 1.74. The number of hydrogen-bond acceptors (Lipinski definition) is 4. The van der Waals surface area contributed by atoms with Crippen LogP contribution in [0.2, 0.25) is 0 Å². The molecule has 0 spiro atoms. The summed E-state index contributed by atoms with van der Waals surface area (Å²) in [5, 5.41) is 16.4. The standard InChI is InChI=1S/C8H15N5O3/c9-13-12-6-7(14)10-4-2-1-3-5-11-8(15)16/h9,11H,1-6H2,(H-,10,14,15,16)/p+1. The Morgan fingerprint density at radius 3 is 2.38 bits per heavy atom. The first-order valence-electron chi connectivity index (χ1n) is 4.93. The highest BCUT2D eigenvalue weighted by molar-refractivity contribution is 5.77. The zero-order chi connectivity index (χ0) is 12.2. The molecule has 0 heterocycles. The van der Waals surface area contributed by atoms with Gasteiger partial charge in [0.1, 0.15) is 10.6 Å². The second kappa shape index (κ2) is 9.60. The van der Waals surface area contributed by atoms with E-state index < -0.39 is 6.09 Å². The average molecular weight is 230 g/mol. The lowest BCUT2D eigenvalue weighted by molar-refractivity contribution is -0.119. The van der Waals surface area contributed by atoms with Crippen molar-refractivity contribution in [2.45, 2.75) is 19.3 Å². The fraction of sp³-hybridized carbons (Fsp3) is 0.750. The molecule has 0 aliphatic carbocycles. The molecular weight excluding hydrogens is 214 g/mol. The van der Waals surface area contributed by atoms with Crippen molar-refractivity contribution < 1.29 is 14.7 Å². The van der Waals surface area contributed by atoms with E-state index in [-0.39, 0.29) is 12.5 Å². The van der Waals surface area contributed by atoms with E-state index in [1.807, 2.05) is 0 Å². The number of carboxylic acid groups (broad SMARTS) is 1. The predicted octanol–water partition coefficient (Wildman–Crippen LogP) is 0.0909. The number of hydrogen-bond donors (Lipinski definition) is 4. The van der Waals surface area contributed by atoms with Gasteiger partial charge >= 0.3 is 6.09 Å². The van der Waals surface area contributed by atoms with Crippen molar-refractivity contribution in [2.75, 3.05) is 19.6 Å². The molecule has 0 radical (unpaired) electrons. The summed E-state index contributed by atoms with van der Waals surface area (Å²) in [6.07, 6.45) is 1.34. The smallest absolute Gasteiger partial charge is 0.404 e. The van der Waals surface area contributed by atoms with Crippen molar-refractivity contribution in [3.63, 3.8) is 0 Å². The van der Waals surface area contributed by atoms with Crippen molar-refractivity contribution in [3.05, 3.63) is 0 Å². The van der Waals surface area contributed by atoms with Gasteiger partial charge in [0, 0.05) is 13.1 Å². The summed E-state index contributed by atoms with van der Waals surface area (Å²) in [6.45, 7) is 0.833. The SMILES string of the molecule is N=[N+]=NCC(=O)NCCCCCNC(=O)O. The maximum atomic E-state index is 10.9. The number of amides is 2. The van der Waals surface area contributed by atoms with Crippen LogP contribution in [0, 0.1) is 5.53 Å². The molecule has 8 nitrogen and oxygen atoms in total. The number of rotatable bonds is 8. The molecule has 0 aromatic heterocycles. The van der Waals surface area contributed by atoms with Crippen LogP contribution < -0.4 is 15.5 Å². The number of carbonyl (C=O) groups is 2. The molecular formula is C8H16N5O3+. The van der Waals surface area contributed by atoms with E-state index >= 15 is 0 Å². The van der Waals surface area contributed by atoms with Gasteiger partial charge < -0.3 is 15.7 Å². The minimum Gasteiger partial charge on any atom is -0.465 e. The van der Waals surface area contributed by atoms with Gasteiger partial charge in [0.15, 0.2) is 0 Å². The Labute approximate surface area is 92.6 Å². The second-order valence-electron chi connectivity index (χ2n) is 3.04. The van der Waals surface area contributed by atoms with Crippen LogP contribution in [0.15, 0.2) is 5.11 Å². The van der Waals surface area contributed by atoms with E-state index in [4.69, 9.17) is 10.6 Å². The zero-order valence-corrected chi connectivity index (χ0v) is 8.90. The summed E-state index contributed by atoms with van der Waals surface area (Å²) in [4.78, 5) is 23.7. The van der Waals surface area contributed by atoms with Crippen molar-refractivity contribution in [3.8, 4) is 0 Å². The Balaban J connectivity index is 3.23. The van der Waals surface area contributed by atoms with E-state index in [1.165, 1.54) is 0 Å². The first kappa shape index (κ1) is 14.1. The van der Waals surface area contributed by atoms with E-state index in [9.17, 15) is 9.59 Å². The van der Waals surface area contributed by atoms with Gasteiger partial charge in [-0.15, -0.1) is 0 Å². The normalized spacial score (nSPS) is 9.00. The molecule has 8 heteroatoms. The predicted molar refractivity (Wildman–Crippen MR) is 55.0 cm³/mol. The zero-order valence-electron chi connectivity index (χ0n) is 8.90. The van der Waals surface area contributed by atoms with Gasteiger partial charge in [0.05, 0.1) is 0 Å². The van der Waals surface area contributed by atoms with E-state index in [0.29, 0.717) is 13.1 Å². The molecule has 0 saturated heterocycles. The van der Waals surface area contributed by atoms with E-state index in [2.05, 4.69) is 20.7 Å². The van der Waals surface area contributed by atoms with Gasteiger partial charge in [0.2, 0.25) is 17.4 Å². The van der Waals surface area contributed by atoms with Gasteiger partial charge in [-0.3, -0.25) is 4.79 Å². The Morgan fingerprint density at radius 1 is 1.19 bits per heavy atom. The van der Waals surface area contributed by atoms with Crippen LogP contribution in [0.1, 0.15) is 19.3 Å². The van der Waals surface area contributed by atoms with Crippen molar-refractivity contribution in [1.29, 1.82) is 5.53 Å². The highest BCUT2D eigenvalue weighted by atomic mass is 16.4. The van der Waals surface area contributed by atoms with Crippen LogP contribution in [0.3, 0.4) is 0 Å². The largest absolute Gasteiger partial charge is 0.465 e. The third-order valence-electron chi connectivity index (χ3n) is 1.74. The van der Waals surface area contributed by atoms with Crippen molar-refractivity contribution in [2.24, 2.45) is 5.11 Å². The molecule has 16 heavy (non-hydrogen) atoms. The number of nitrogens with zero attached hydrogens (tertiary/aromatic N) is 2. The van der Waals surface area contributed by atoms with E-state index in [1.54, 1.807) is 0 Å². The molecule has 0 aromatic carbocycles. The highest BCUT2D eigenvalue weighted by Gasteiger charge is 2.01. The van der Waals surface area contributed by atoms with Gasteiger partial charge in [-0.1, -0.05) is 0 Å². The minimum atomic E-state index is -1.02. The fourth-order valence-electron chi connectivity index (χ4n) is 1.01. The van der Waals surface area contributed by atoms with Crippen LogP contribution in [0.4, 0.5) is 4.79 Å². The average Bonchev–Trinajstić information content (AvgIpc) is 2.24. The summed E-state index contributed by atoms with van der Waals surface area (Å²) in [5.74, 6) is -0.264. The molecule has 0 rings (SSSR count). The Kier molecular flexibility index (Phi) is 8.43. The maximum absolute atomic E-state index is 10.9. The molecule has 0 fully saturated rings. The number of nitrogens with one attached hydrogen (secondary N) is 3. The lowest BCUT2D eigenvalue weighted by Gasteiger charge is -2.02. The van der Waals surface area contributed by atoms with Crippen LogP contribution in [-0.2, 0) is 4.79 Å². The molecule has 0 saturated carbocycles. The maximum Gasteiger partial charge on any atom is 0.404 e. The number of carbonyl (C=O) groups excluding carboxylic acids is 1. The summed E-state index contributed by atoms with van der Waals surface area (Å²) >= 11 is 0. The van der Waals surface area contributed by atoms with E-state index in [0.717, 1.165) is 19.3 Å². The molecule has 0 aliphatic rings. The van der Waals surface area contributed by atoms with Gasteiger partial charge in [-0.2, -0.15) is 0 Å². The molecule has 90 valence electrons. The monoisotopic (exact) mass is 230 g/mol. The summed E-state index contributed by atoms with van der Waals surface area (Å²) in [7, 11) is 0. The topological polar surface area (TPSA) is 129 Å².